The molecule has 96 valence electrons. The second kappa shape index (κ2) is 5.87. The van der Waals surface area contributed by atoms with Crippen molar-refractivity contribution in [3.63, 3.8) is 0 Å². The summed E-state index contributed by atoms with van der Waals surface area (Å²) in [4.78, 5) is 2.65. The Morgan fingerprint density at radius 1 is 1.11 bits per heavy atom. The van der Waals surface area contributed by atoms with E-state index in [2.05, 4.69) is 75.3 Å². The monoisotopic (exact) mass is 387 g/mol. The van der Waals surface area contributed by atoms with Gasteiger partial charge in [-0.25, -0.2) is 0 Å². The normalized spacial score (nSPS) is 12.7. The smallest absolute Gasteiger partial charge is 0.0680 e. The van der Waals surface area contributed by atoms with Crippen molar-refractivity contribution in [1.82, 2.24) is 5.32 Å². The Morgan fingerprint density at radius 3 is 2.33 bits per heavy atom. The third-order valence-corrected chi connectivity index (χ3v) is 5.80. The molecule has 0 aliphatic rings. The van der Waals surface area contributed by atoms with Crippen LogP contribution in [-0.4, -0.2) is 7.05 Å². The van der Waals surface area contributed by atoms with E-state index in [0.29, 0.717) is 0 Å². The average molecular weight is 389 g/mol. The summed E-state index contributed by atoms with van der Waals surface area (Å²) in [5.41, 5.74) is 2.53. The van der Waals surface area contributed by atoms with Gasteiger partial charge in [-0.15, -0.1) is 11.3 Å². The third-order valence-electron chi connectivity index (χ3n) is 2.92. The van der Waals surface area contributed by atoms with Crippen molar-refractivity contribution in [2.24, 2.45) is 0 Å². The minimum absolute atomic E-state index is 0.231. The Bertz CT molecular complexity index is 563. The van der Waals surface area contributed by atoms with Crippen LogP contribution in [0.3, 0.4) is 0 Å². The quantitative estimate of drug-likeness (QED) is 0.761. The molecule has 0 amide bonds. The minimum atomic E-state index is 0.231. The lowest BCUT2D eigenvalue weighted by Crippen LogP contribution is -2.16. The molecule has 0 aliphatic heterocycles. The number of thiophene rings is 1. The molecule has 0 radical (unpaired) electrons. The summed E-state index contributed by atoms with van der Waals surface area (Å²) in [6, 6.07) is 8.93. The number of hydrogen-bond acceptors (Lipinski definition) is 2. The molecule has 1 atom stereocenters. The first kappa shape index (κ1) is 14.3. The van der Waals surface area contributed by atoms with Crippen LogP contribution in [-0.2, 0) is 0 Å². The van der Waals surface area contributed by atoms with Crippen LogP contribution < -0.4 is 5.32 Å². The Kier molecular flexibility index (Phi) is 4.64. The van der Waals surface area contributed by atoms with E-state index in [1.54, 1.807) is 0 Å². The van der Waals surface area contributed by atoms with Crippen LogP contribution in [0.2, 0.25) is 0 Å². The van der Waals surface area contributed by atoms with E-state index in [-0.39, 0.29) is 6.04 Å². The van der Waals surface area contributed by atoms with Gasteiger partial charge in [-0.2, -0.15) is 0 Å². The highest BCUT2D eigenvalue weighted by Crippen LogP contribution is 2.36. The van der Waals surface area contributed by atoms with Crippen LogP contribution in [0.1, 0.15) is 26.9 Å². The molecule has 0 bridgehead atoms. The lowest BCUT2D eigenvalue weighted by Gasteiger charge is -2.17. The second-order valence-electron chi connectivity index (χ2n) is 4.30. The summed E-state index contributed by atoms with van der Waals surface area (Å²) in [6.45, 7) is 4.24. The van der Waals surface area contributed by atoms with Crippen LogP contribution >= 0.6 is 43.2 Å². The van der Waals surface area contributed by atoms with Gasteiger partial charge in [0.05, 0.1) is 6.04 Å². The maximum absolute atomic E-state index is 3.65. The fraction of sp³-hybridized carbons (Fsp3) is 0.286. The zero-order chi connectivity index (χ0) is 13.3. The summed E-state index contributed by atoms with van der Waals surface area (Å²) in [6.07, 6.45) is 0. The van der Waals surface area contributed by atoms with Crippen molar-refractivity contribution >= 4 is 43.2 Å². The second-order valence-corrected chi connectivity index (χ2v) is 7.30. The molecule has 0 aliphatic carbocycles. The molecule has 1 N–H and O–H groups in total. The van der Waals surface area contributed by atoms with Gasteiger partial charge in [0.25, 0.3) is 0 Å². The Morgan fingerprint density at radius 2 is 1.83 bits per heavy atom. The standard InChI is InChI=1S/C14H15Br2NS/c1-8-4-5-10(7-11(8)15)13(17-3)14-12(16)6-9(2)18-14/h4-7,13,17H,1-3H3. The topological polar surface area (TPSA) is 12.0 Å². The Labute approximate surface area is 129 Å². The van der Waals surface area contributed by atoms with Crippen molar-refractivity contribution in [3.8, 4) is 0 Å². The molecule has 0 saturated carbocycles. The van der Waals surface area contributed by atoms with E-state index in [1.165, 1.54) is 25.4 Å². The van der Waals surface area contributed by atoms with Gasteiger partial charge in [-0.05, 0) is 60.1 Å². The lowest BCUT2D eigenvalue weighted by molar-refractivity contribution is 0.701. The van der Waals surface area contributed by atoms with Gasteiger partial charge >= 0.3 is 0 Å². The van der Waals surface area contributed by atoms with Gasteiger partial charge in [-0.1, -0.05) is 28.1 Å². The zero-order valence-electron chi connectivity index (χ0n) is 10.6. The number of rotatable bonds is 3. The van der Waals surface area contributed by atoms with E-state index in [9.17, 15) is 0 Å². The summed E-state index contributed by atoms with van der Waals surface area (Å²) in [5.74, 6) is 0. The van der Waals surface area contributed by atoms with Crippen LogP contribution in [0.4, 0.5) is 0 Å². The predicted octanol–water partition coefficient (Wildman–Crippen LogP) is 5.20. The van der Waals surface area contributed by atoms with E-state index in [1.807, 2.05) is 18.4 Å². The molecule has 2 aromatic rings. The molecule has 1 aromatic heterocycles. The highest BCUT2D eigenvalue weighted by molar-refractivity contribution is 9.10. The van der Waals surface area contributed by atoms with Crippen molar-refractivity contribution in [3.05, 3.63) is 54.1 Å². The first-order valence-corrected chi connectivity index (χ1v) is 8.12. The van der Waals surface area contributed by atoms with Gasteiger partial charge in [0.1, 0.15) is 0 Å². The number of hydrogen-bond donors (Lipinski definition) is 1. The molecular formula is C14H15Br2NS. The van der Waals surface area contributed by atoms with Crippen LogP contribution in [0.15, 0.2) is 33.2 Å². The van der Waals surface area contributed by atoms with Gasteiger partial charge in [0, 0.05) is 18.7 Å². The Hall–Kier alpha value is -0.160. The first-order valence-electron chi connectivity index (χ1n) is 5.72. The van der Waals surface area contributed by atoms with E-state index < -0.39 is 0 Å². The fourth-order valence-corrected chi connectivity index (χ4v) is 4.35. The average Bonchev–Trinajstić information content (AvgIpc) is 2.64. The molecular weight excluding hydrogens is 374 g/mol. The molecule has 4 heteroatoms. The third kappa shape index (κ3) is 2.87. The number of aryl methyl sites for hydroxylation is 2. The van der Waals surface area contributed by atoms with Crippen molar-refractivity contribution in [2.75, 3.05) is 7.05 Å². The molecule has 1 heterocycles. The maximum atomic E-state index is 3.65. The van der Waals surface area contributed by atoms with Crippen molar-refractivity contribution in [2.45, 2.75) is 19.9 Å². The molecule has 2 rings (SSSR count). The molecule has 0 fully saturated rings. The van der Waals surface area contributed by atoms with Crippen molar-refractivity contribution < 1.29 is 0 Å². The highest BCUT2D eigenvalue weighted by atomic mass is 79.9. The first-order chi connectivity index (χ1) is 8.52. The molecule has 0 spiro atoms. The van der Waals surface area contributed by atoms with E-state index >= 15 is 0 Å². The largest absolute Gasteiger partial charge is 0.309 e. The molecule has 18 heavy (non-hydrogen) atoms. The number of benzene rings is 1. The van der Waals surface area contributed by atoms with Gasteiger partial charge in [-0.3, -0.25) is 0 Å². The molecule has 1 aromatic carbocycles. The van der Waals surface area contributed by atoms with Gasteiger partial charge in [0.2, 0.25) is 0 Å². The number of nitrogens with one attached hydrogen (secondary N) is 1. The lowest BCUT2D eigenvalue weighted by atomic mass is 10.0. The van der Waals surface area contributed by atoms with E-state index in [0.717, 1.165) is 4.47 Å². The van der Waals surface area contributed by atoms with Gasteiger partial charge < -0.3 is 5.32 Å². The minimum Gasteiger partial charge on any atom is -0.309 e. The van der Waals surface area contributed by atoms with Crippen LogP contribution in [0.25, 0.3) is 0 Å². The van der Waals surface area contributed by atoms with Gasteiger partial charge in [0.15, 0.2) is 0 Å². The molecule has 1 nitrogen and oxygen atoms in total. The van der Waals surface area contributed by atoms with Crippen molar-refractivity contribution in [1.29, 1.82) is 0 Å². The van der Waals surface area contributed by atoms with Crippen LogP contribution in [0.5, 0.6) is 0 Å². The maximum Gasteiger partial charge on any atom is 0.0680 e. The predicted molar refractivity (Wildman–Crippen MR) is 86.5 cm³/mol. The zero-order valence-corrected chi connectivity index (χ0v) is 14.5. The Balaban J connectivity index is 2.45. The number of halogens is 2. The summed E-state index contributed by atoms with van der Waals surface area (Å²) >= 11 is 9.08. The van der Waals surface area contributed by atoms with E-state index in [4.69, 9.17) is 0 Å². The summed E-state index contributed by atoms with van der Waals surface area (Å²) < 4.78 is 2.34. The molecule has 0 saturated heterocycles. The summed E-state index contributed by atoms with van der Waals surface area (Å²) in [7, 11) is 2.00. The van der Waals surface area contributed by atoms with Crippen LogP contribution in [0, 0.1) is 13.8 Å². The SMILES string of the molecule is CNC(c1ccc(C)c(Br)c1)c1sc(C)cc1Br. The fourth-order valence-electron chi connectivity index (χ4n) is 1.94. The molecule has 1 unspecified atom stereocenters. The summed E-state index contributed by atoms with van der Waals surface area (Å²) in [5, 5.41) is 3.40. The highest BCUT2D eigenvalue weighted by Gasteiger charge is 2.18.